The van der Waals surface area contributed by atoms with Crippen LogP contribution in [-0.2, 0) is 0 Å². The van der Waals surface area contributed by atoms with Crippen LogP contribution in [0, 0.1) is 5.82 Å². The van der Waals surface area contributed by atoms with Gasteiger partial charge in [-0.1, -0.05) is 23.4 Å². The molecular weight excluding hydrogens is 415 g/mol. The van der Waals surface area contributed by atoms with Crippen LogP contribution in [0.25, 0.3) is 17.1 Å². The first-order chi connectivity index (χ1) is 15.7. The highest BCUT2D eigenvalue weighted by molar-refractivity contribution is 5.98. The summed E-state index contributed by atoms with van der Waals surface area (Å²) >= 11 is 0. The van der Waals surface area contributed by atoms with Gasteiger partial charge in [0, 0.05) is 6.54 Å². The van der Waals surface area contributed by atoms with Gasteiger partial charge in [-0.15, -0.1) is 0 Å². The van der Waals surface area contributed by atoms with Crippen LogP contribution in [0.3, 0.4) is 0 Å². The highest BCUT2D eigenvalue weighted by Crippen LogP contribution is 2.36. The molecule has 0 saturated carbocycles. The molecule has 1 unspecified atom stereocenters. The van der Waals surface area contributed by atoms with Gasteiger partial charge in [-0.05, 0) is 37.1 Å². The van der Waals surface area contributed by atoms with Gasteiger partial charge in [-0.2, -0.15) is 20.0 Å². The summed E-state index contributed by atoms with van der Waals surface area (Å²) in [7, 11) is 1.38. The molecule has 1 aliphatic heterocycles. The molecule has 1 amide bonds. The van der Waals surface area contributed by atoms with E-state index in [0.29, 0.717) is 35.6 Å². The van der Waals surface area contributed by atoms with Crippen molar-refractivity contribution in [1.29, 1.82) is 0 Å². The topological polar surface area (TPSA) is 99.2 Å². The molecule has 162 valence electrons. The maximum absolute atomic E-state index is 14.1. The number of benzene rings is 2. The number of likely N-dealkylation sites (tertiary alicyclic amines) is 1. The number of methoxy groups -OCH3 is 1. The molecule has 5 rings (SSSR count). The van der Waals surface area contributed by atoms with Crippen LogP contribution in [0.2, 0.25) is 0 Å². The summed E-state index contributed by atoms with van der Waals surface area (Å²) in [5.41, 5.74) is 1.43. The Morgan fingerprint density at radius 1 is 1.16 bits per heavy atom. The minimum absolute atomic E-state index is 0.0303. The highest BCUT2D eigenvalue weighted by Gasteiger charge is 2.35. The molecule has 10 heteroatoms. The van der Waals surface area contributed by atoms with E-state index in [4.69, 9.17) is 9.26 Å². The fourth-order valence-corrected chi connectivity index (χ4v) is 3.97. The molecule has 2 aromatic carbocycles. The van der Waals surface area contributed by atoms with E-state index in [1.54, 1.807) is 47.6 Å². The minimum Gasteiger partial charge on any atom is -0.493 e. The van der Waals surface area contributed by atoms with Gasteiger partial charge in [-0.3, -0.25) is 4.79 Å². The third kappa shape index (κ3) is 3.39. The summed E-state index contributed by atoms with van der Waals surface area (Å²) in [6.07, 6.45) is 4.60. The zero-order valence-electron chi connectivity index (χ0n) is 17.2. The average Bonchev–Trinajstić information content (AvgIpc) is 3.59. The Balaban J connectivity index is 1.46. The van der Waals surface area contributed by atoms with Crippen LogP contribution in [-0.4, -0.2) is 49.6 Å². The van der Waals surface area contributed by atoms with Crippen molar-refractivity contribution in [3.05, 3.63) is 72.1 Å². The molecule has 1 fully saturated rings. The number of carbonyl (C=O) groups is 1. The van der Waals surface area contributed by atoms with Gasteiger partial charge < -0.3 is 14.2 Å². The van der Waals surface area contributed by atoms with Gasteiger partial charge in [0.15, 0.2) is 17.4 Å². The molecule has 1 aliphatic rings. The Hall–Kier alpha value is -4.08. The number of carbonyl (C=O) groups excluding carboxylic acids is 1. The van der Waals surface area contributed by atoms with E-state index in [1.807, 2.05) is 6.07 Å². The first kappa shape index (κ1) is 19.9. The van der Waals surface area contributed by atoms with Crippen molar-refractivity contribution in [2.45, 2.75) is 18.9 Å². The molecule has 1 saturated heterocycles. The first-order valence-electron chi connectivity index (χ1n) is 10.1. The van der Waals surface area contributed by atoms with Crippen molar-refractivity contribution in [2.24, 2.45) is 0 Å². The van der Waals surface area contributed by atoms with Gasteiger partial charge in [0.2, 0.25) is 0 Å². The standard InChI is InChI=1S/C22H19FN6O3/c1-31-19-15(7-4-8-16(19)23)21-26-20(27-32-21)18-10-5-13-28(18)22(30)14-6-2-3-9-17(14)29-24-11-12-25-29/h2-4,6-9,11-12,18H,5,10,13H2,1H3. The van der Waals surface area contributed by atoms with Crippen LogP contribution in [0.15, 0.2) is 59.4 Å². The normalized spacial score (nSPS) is 15.8. The maximum Gasteiger partial charge on any atom is 0.261 e. The summed E-state index contributed by atoms with van der Waals surface area (Å²) in [5.74, 6) is -0.160. The Bertz CT molecular complexity index is 1260. The lowest BCUT2D eigenvalue weighted by Crippen LogP contribution is -2.32. The van der Waals surface area contributed by atoms with E-state index < -0.39 is 5.82 Å². The quantitative estimate of drug-likeness (QED) is 0.474. The van der Waals surface area contributed by atoms with E-state index in [0.717, 1.165) is 6.42 Å². The lowest BCUT2D eigenvalue weighted by Gasteiger charge is -2.23. The van der Waals surface area contributed by atoms with Gasteiger partial charge in [-0.25, -0.2) is 4.39 Å². The SMILES string of the molecule is COc1c(F)cccc1-c1nc(C2CCCN2C(=O)c2ccccc2-n2nccn2)no1. The Morgan fingerprint density at radius 3 is 2.78 bits per heavy atom. The number of ether oxygens (including phenoxy) is 1. The van der Waals surface area contributed by atoms with E-state index in [9.17, 15) is 9.18 Å². The largest absolute Gasteiger partial charge is 0.493 e. The zero-order valence-corrected chi connectivity index (χ0v) is 17.2. The predicted molar refractivity (Wildman–Crippen MR) is 111 cm³/mol. The second-order valence-electron chi connectivity index (χ2n) is 7.27. The molecule has 0 N–H and O–H groups in total. The number of aromatic nitrogens is 5. The molecule has 3 heterocycles. The molecule has 2 aromatic heterocycles. The molecular formula is C22H19FN6O3. The number of hydrogen-bond acceptors (Lipinski definition) is 7. The molecule has 0 bridgehead atoms. The third-order valence-corrected chi connectivity index (χ3v) is 5.42. The van der Waals surface area contributed by atoms with Crippen molar-refractivity contribution in [3.63, 3.8) is 0 Å². The van der Waals surface area contributed by atoms with Crippen molar-refractivity contribution in [2.75, 3.05) is 13.7 Å². The van der Waals surface area contributed by atoms with Crippen molar-refractivity contribution < 1.29 is 18.4 Å². The monoisotopic (exact) mass is 434 g/mol. The Labute approximate surface area is 182 Å². The molecule has 0 radical (unpaired) electrons. The fraction of sp³-hybridized carbons (Fsp3) is 0.227. The lowest BCUT2D eigenvalue weighted by atomic mass is 10.1. The first-order valence-corrected chi connectivity index (χ1v) is 10.1. The number of rotatable bonds is 5. The third-order valence-electron chi connectivity index (χ3n) is 5.42. The van der Waals surface area contributed by atoms with E-state index in [1.165, 1.54) is 18.0 Å². The average molecular weight is 434 g/mol. The van der Waals surface area contributed by atoms with E-state index >= 15 is 0 Å². The Kier molecular flexibility index (Phi) is 5.10. The van der Waals surface area contributed by atoms with Crippen molar-refractivity contribution >= 4 is 5.91 Å². The van der Waals surface area contributed by atoms with Crippen LogP contribution < -0.4 is 4.74 Å². The van der Waals surface area contributed by atoms with Crippen LogP contribution >= 0.6 is 0 Å². The summed E-state index contributed by atoms with van der Waals surface area (Å²) in [6.45, 7) is 0.553. The van der Waals surface area contributed by atoms with E-state index in [-0.39, 0.29) is 23.6 Å². The molecule has 9 nitrogen and oxygen atoms in total. The molecule has 4 aromatic rings. The predicted octanol–water partition coefficient (Wildman–Crippen LogP) is 3.44. The van der Waals surface area contributed by atoms with Gasteiger partial charge in [0.05, 0.1) is 42.4 Å². The van der Waals surface area contributed by atoms with Gasteiger partial charge in [0.1, 0.15) is 0 Å². The minimum atomic E-state index is -0.522. The van der Waals surface area contributed by atoms with Crippen LogP contribution in [0.1, 0.15) is 35.1 Å². The fourth-order valence-electron chi connectivity index (χ4n) is 3.97. The van der Waals surface area contributed by atoms with Gasteiger partial charge in [0.25, 0.3) is 11.8 Å². The second-order valence-corrected chi connectivity index (χ2v) is 7.27. The Morgan fingerprint density at radius 2 is 1.97 bits per heavy atom. The lowest BCUT2D eigenvalue weighted by molar-refractivity contribution is 0.0728. The number of para-hydroxylation sites is 2. The number of hydrogen-bond donors (Lipinski definition) is 0. The zero-order chi connectivity index (χ0) is 22.1. The number of amides is 1. The summed E-state index contributed by atoms with van der Waals surface area (Å²) < 4.78 is 24.6. The van der Waals surface area contributed by atoms with Crippen LogP contribution in [0.5, 0.6) is 5.75 Å². The smallest absolute Gasteiger partial charge is 0.261 e. The molecule has 0 aliphatic carbocycles. The van der Waals surface area contributed by atoms with Gasteiger partial charge >= 0.3 is 0 Å². The highest BCUT2D eigenvalue weighted by atomic mass is 19.1. The second kappa shape index (κ2) is 8.22. The number of halogens is 1. The summed E-state index contributed by atoms with van der Waals surface area (Å²) in [5, 5.41) is 12.4. The molecule has 1 atom stereocenters. The molecule has 0 spiro atoms. The van der Waals surface area contributed by atoms with E-state index in [2.05, 4.69) is 20.3 Å². The number of nitrogens with zero attached hydrogens (tertiary/aromatic N) is 6. The maximum atomic E-state index is 14.1. The molecule has 32 heavy (non-hydrogen) atoms. The van der Waals surface area contributed by atoms with Crippen molar-refractivity contribution in [1.82, 2.24) is 30.0 Å². The van der Waals surface area contributed by atoms with Crippen molar-refractivity contribution in [3.8, 4) is 22.9 Å². The van der Waals surface area contributed by atoms with Crippen LogP contribution in [0.4, 0.5) is 4.39 Å². The summed E-state index contributed by atoms with van der Waals surface area (Å²) in [6, 6.07) is 11.3. The summed E-state index contributed by atoms with van der Waals surface area (Å²) in [4.78, 5) is 21.1.